The summed E-state index contributed by atoms with van der Waals surface area (Å²) in [6.45, 7) is 1.65. The number of nitrogens with two attached hydrogens (primary N) is 1. The lowest BCUT2D eigenvalue weighted by molar-refractivity contribution is 0.152. The van der Waals surface area contributed by atoms with Crippen LogP contribution in [0.3, 0.4) is 0 Å². The highest BCUT2D eigenvalue weighted by molar-refractivity contribution is 5.51. The maximum Gasteiger partial charge on any atom is 0.267 e. The molecule has 0 fully saturated rings. The molecule has 0 atom stereocenters. The molecule has 1 aromatic heterocycles. The van der Waals surface area contributed by atoms with E-state index in [1.54, 1.807) is 6.92 Å². The highest BCUT2D eigenvalue weighted by Gasteiger charge is 2.11. The van der Waals surface area contributed by atoms with Crippen LogP contribution >= 0.6 is 0 Å². The minimum Gasteiger partial charge on any atom is -0.398 e. The van der Waals surface area contributed by atoms with Crippen molar-refractivity contribution in [2.45, 2.75) is 13.3 Å². The molecule has 0 aliphatic carbocycles. The summed E-state index contributed by atoms with van der Waals surface area (Å²) in [5.74, 6) is 0. The van der Waals surface area contributed by atoms with Gasteiger partial charge in [0, 0.05) is 18.1 Å². The Morgan fingerprint density at radius 2 is 2.09 bits per heavy atom. The molecule has 0 aromatic carbocycles. The van der Waals surface area contributed by atoms with Crippen LogP contribution in [0.1, 0.15) is 17.6 Å². The Morgan fingerprint density at radius 3 is 2.55 bits per heavy atom. The second kappa shape index (κ2) is 2.82. The summed E-state index contributed by atoms with van der Waals surface area (Å²) >= 11 is 0. The fourth-order valence-corrected chi connectivity index (χ4v) is 0.770. The zero-order chi connectivity index (χ0) is 8.43. The lowest BCUT2D eigenvalue weighted by Gasteiger charge is -2.04. The SMILES string of the molecule is Cc1cncc(C(F)F)c1N. The first-order chi connectivity index (χ1) is 5.13. The smallest absolute Gasteiger partial charge is 0.267 e. The van der Waals surface area contributed by atoms with Crippen LogP contribution in [0.25, 0.3) is 0 Å². The molecular formula is C7H8F2N2. The third kappa shape index (κ3) is 1.45. The number of nitrogens with zero attached hydrogens (tertiary/aromatic N) is 1. The van der Waals surface area contributed by atoms with Crippen molar-refractivity contribution in [3.63, 3.8) is 0 Å². The van der Waals surface area contributed by atoms with Gasteiger partial charge in [-0.3, -0.25) is 4.98 Å². The van der Waals surface area contributed by atoms with E-state index in [2.05, 4.69) is 4.98 Å². The van der Waals surface area contributed by atoms with E-state index in [1.165, 1.54) is 6.20 Å². The largest absolute Gasteiger partial charge is 0.398 e. The van der Waals surface area contributed by atoms with Gasteiger partial charge in [0.25, 0.3) is 6.43 Å². The molecule has 1 heterocycles. The molecule has 60 valence electrons. The van der Waals surface area contributed by atoms with Crippen LogP contribution < -0.4 is 5.73 Å². The van der Waals surface area contributed by atoms with Gasteiger partial charge < -0.3 is 5.73 Å². The van der Waals surface area contributed by atoms with Gasteiger partial charge in [-0.15, -0.1) is 0 Å². The van der Waals surface area contributed by atoms with Crippen molar-refractivity contribution in [2.75, 3.05) is 5.73 Å². The highest BCUT2D eigenvalue weighted by atomic mass is 19.3. The van der Waals surface area contributed by atoms with Crippen LogP contribution in [0.15, 0.2) is 12.4 Å². The van der Waals surface area contributed by atoms with Gasteiger partial charge in [0.1, 0.15) is 0 Å². The fourth-order valence-electron chi connectivity index (χ4n) is 0.770. The van der Waals surface area contributed by atoms with E-state index in [-0.39, 0.29) is 11.3 Å². The van der Waals surface area contributed by atoms with Crippen molar-refractivity contribution in [1.82, 2.24) is 4.98 Å². The van der Waals surface area contributed by atoms with Crippen molar-refractivity contribution < 1.29 is 8.78 Å². The summed E-state index contributed by atoms with van der Waals surface area (Å²) in [7, 11) is 0. The minimum atomic E-state index is -2.54. The van der Waals surface area contributed by atoms with Gasteiger partial charge in [-0.05, 0) is 12.5 Å². The number of halogens is 2. The van der Waals surface area contributed by atoms with E-state index >= 15 is 0 Å². The monoisotopic (exact) mass is 158 g/mol. The number of aryl methyl sites for hydroxylation is 1. The van der Waals surface area contributed by atoms with Crippen LogP contribution in [0.5, 0.6) is 0 Å². The Labute approximate surface area is 63.1 Å². The molecule has 1 rings (SSSR count). The number of anilines is 1. The molecular weight excluding hydrogens is 150 g/mol. The van der Waals surface area contributed by atoms with Crippen LogP contribution in [-0.4, -0.2) is 4.98 Å². The van der Waals surface area contributed by atoms with E-state index in [0.29, 0.717) is 5.56 Å². The van der Waals surface area contributed by atoms with Crippen LogP contribution in [-0.2, 0) is 0 Å². The lowest BCUT2D eigenvalue weighted by Crippen LogP contribution is -1.98. The Balaban J connectivity index is 3.17. The maximum absolute atomic E-state index is 12.1. The summed E-state index contributed by atoms with van der Waals surface area (Å²) in [6.07, 6.45) is 0.0104. The lowest BCUT2D eigenvalue weighted by atomic mass is 10.2. The molecule has 0 aliphatic rings. The molecule has 0 aliphatic heterocycles. The number of rotatable bonds is 1. The normalized spacial score (nSPS) is 10.5. The molecule has 0 unspecified atom stereocenters. The molecule has 0 saturated carbocycles. The van der Waals surface area contributed by atoms with E-state index in [4.69, 9.17) is 5.73 Å². The number of nitrogen functional groups attached to an aromatic ring is 1. The molecule has 0 amide bonds. The zero-order valence-corrected chi connectivity index (χ0v) is 6.01. The highest BCUT2D eigenvalue weighted by Crippen LogP contribution is 2.25. The third-order valence-electron chi connectivity index (χ3n) is 1.45. The average molecular weight is 158 g/mol. The molecule has 2 nitrogen and oxygen atoms in total. The second-order valence-corrected chi connectivity index (χ2v) is 2.26. The first-order valence-corrected chi connectivity index (χ1v) is 3.11. The third-order valence-corrected chi connectivity index (χ3v) is 1.45. The Kier molecular flexibility index (Phi) is 2.03. The molecule has 0 spiro atoms. The van der Waals surface area contributed by atoms with Crippen LogP contribution in [0, 0.1) is 6.92 Å². The average Bonchev–Trinajstić information content (AvgIpc) is 1.94. The predicted molar refractivity (Wildman–Crippen MR) is 38.3 cm³/mol. The molecule has 11 heavy (non-hydrogen) atoms. The first kappa shape index (κ1) is 7.91. The Bertz CT molecular complexity index is 261. The predicted octanol–water partition coefficient (Wildman–Crippen LogP) is 1.91. The number of hydrogen-bond donors (Lipinski definition) is 1. The molecule has 2 N–H and O–H groups in total. The van der Waals surface area contributed by atoms with Gasteiger partial charge in [0.05, 0.1) is 5.56 Å². The number of pyridine rings is 1. The quantitative estimate of drug-likeness (QED) is 0.678. The fraction of sp³-hybridized carbons (Fsp3) is 0.286. The van der Waals surface area contributed by atoms with Crippen molar-refractivity contribution in [1.29, 1.82) is 0 Å². The van der Waals surface area contributed by atoms with Crippen LogP contribution in [0.4, 0.5) is 14.5 Å². The van der Waals surface area contributed by atoms with Gasteiger partial charge >= 0.3 is 0 Å². The topological polar surface area (TPSA) is 38.9 Å². The van der Waals surface area contributed by atoms with Gasteiger partial charge in [-0.1, -0.05) is 0 Å². The number of hydrogen-bond acceptors (Lipinski definition) is 2. The van der Waals surface area contributed by atoms with Crippen LogP contribution in [0.2, 0.25) is 0 Å². The maximum atomic E-state index is 12.1. The summed E-state index contributed by atoms with van der Waals surface area (Å²) < 4.78 is 24.2. The van der Waals surface area contributed by atoms with Gasteiger partial charge in [0.2, 0.25) is 0 Å². The summed E-state index contributed by atoms with van der Waals surface area (Å²) in [6, 6.07) is 0. The zero-order valence-electron chi connectivity index (χ0n) is 6.01. The van der Waals surface area contributed by atoms with E-state index in [1.807, 2.05) is 0 Å². The second-order valence-electron chi connectivity index (χ2n) is 2.26. The number of aromatic nitrogens is 1. The molecule has 0 saturated heterocycles. The summed E-state index contributed by atoms with van der Waals surface area (Å²) in [5.41, 5.74) is 5.89. The molecule has 1 aromatic rings. The van der Waals surface area contributed by atoms with Crippen molar-refractivity contribution in [2.24, 2.45) is 0 Å². The van der Waals surface area contributed by atoms with Crippen molar-refractivity contribution in [3.8, 4) is 0 Å². The van der Waals surface area contributed by atoms with Gasteiger partial charge in [-0.2, -0.15) is 0 Å². The Hall–Kier alpha value is -1.19. The number of alkyl halides is 2. The molecule has 0 bridgehead atoms. The summed E-state index contributed by atoms with van der Waals surface area (Å²) in [5, 5.41) is 0. The standard InChI is InChI=1S/C7H8F2N2/c1-4-2-11-3-5(6(4)10)7(8)9/h2-3,7H,1H3,(H2,10,11). The van der Waals surface area contributed by atoms with Crippen molar-refractivity contribution >= 4 is 5.69 Å². The van der Waals surface area contributed by atoms with Crippen molar-refractivity contribution in [3.05, 3.63) is 23.5 Å². The molecule has 4 heteroatoms. The van der Waals surface area contributed by atoms with Gasteiger partial charge in [0.15, 0.2) is 0 Å². The summed E-state index contributed by atoms with van der Waals surface area (Å²) in [4.78, 5) is 3.61. The van der Waals surface area contributed by atoms with E-state index in [9.17, 15) is 8.78 Å². The molecule has 0 radical (unpaired) electrons. The van der Waals surface area contributed by atoms with E-state index in [0.717, 1.165) is 6.20 Å². The van der Waals surface area contributed by atoms with E-state index < -0.39 is 6.43 Å². The minimum absolute atomic E-state index is 0.134. The Morgan fingerprint density at radius 1 is 1.45 bits per heavy atom. The first-order valence-electron chi connectivity index (χ1n) is 3.11. The van der Waals surface area contributed by atoms with Gasteiger partial charge in [-0.25, -0.2) is 8.78 Å².